The summed E-state index contributed by atoms with van der Waals surface area (Å²) in [5.41, 5.74) is 2.87. The number of pyridine rings is 1. The van der Waals surface area contributed by atoms with Crippen molar-refractivity contribution in [1.29, 1.82) is 0 Å². The van der Waals surface area contributed by atoms with Gasteiger partial charge < -0.3 is 19.5 Å². The molecular weight excluding hydrogens is 352 g/mol. The van der Waals surface area contributed by atoms with Gasteiger partial charge in [0, 0.05) is 29.3 Å². The Bertz CT molecular complexity index is 878. The van der Waals surface area contributed by atoms with Gasteiger partial charge in [-0.25, -0.2) is 0 Å². The zero-order valence-electron chi connectivity index (χ0n) is 15.9. The van der Waals surface area contributed by atoms with E-state index in [9.17, 15) is 5.11 Å². The number of phenolic OH excluding ortho intramolecular Hbond substituents is 1. The maximum absolute atomic E-state index is 9.74. The van der Waals surface area contributed by atoms with Gasteiger partial charge in [-0.3, -0.25) is 4.98 Å². The SMILES string of the molecule is COc1ccc(N(c2ccc(O)cc2)C(OCC2CC2)c2cccnc2)cc1. The fourth-order valence-electron chi connectivity index (χ4n) is 3.13. The van der Waals surface area contributed by atoms with Crippen LogP contribution in [0.25, 0.3) is 0 Å². The molecule has 4 rings (SSSR count). The monoisotopic (exact) mass is 376 g/mol. The molecule has 1 fully saturated rings. The molecule has 2 aromatic carbocycles. The van der Waals surface area contributed by atoms with Crippen molar-refractivity contribution in [3.8, 4) is 11.5 Å². The number of benzene rings is 2. The van der Waals surface area contributed by atoms with Crippen LogP contribution in [0.1, 0.15) is 24.6 Å². The van der Waals surface area contributed by atoms with Crippen LogP contribution in [0.3, 0.4) is 0 Å². The van der Waals surface area contributed by atoms with E-state index in [-0.39, 0.29) is 12.0 Å². The summed E-state index contributed by atoms with van der Waals surface area (Å²) in [7, 11) is 1.66. The smallest absolute Gasteiger partial charge is 0.162 e. The number of aromatic hydroxyl groups is 1. The number of phenols is 1. The van der Waals surface area contributed by atoms with Gasteiger partial charge >= 0.3 is 0 Å². The lowest BCUT2D eigenvalue weighted by atomic mass is 10.1. The Hall–Kier alpha value is -3.05. The van der Waals surface area contributed by atoms with Crippen LogP contribution in [0.2, 0.25) is 0 Å². The molecule has 1 heterocycles. The number of rotatable bonds is 8. The molecule has 1 aliphatic rings. The lowest BCUT2D eigenvalue weighted by Gasteiger charge is -2.34. The molecule has 5 nitrogen and oxygen atoms in total. The van der Waals surface area contributed by atoms with E-state index >= 15 is 0 Å². The molecule has 1 aromatic heterocycles. The molecule has 1 aliphatic carbocycles. The zero-order valence-corrected chi connectivity index (χ0v) is 15.9. The maximum atomic E-state index is 9.74. The normalized spacial score (nSPS) is 14.5. The molecule has 1 atom stereocenters. The van der Waals surface area contributed by atoms with Gasteiger partial charge in [-0.1, -0.05) is 6.07 Å². The van der Waals surface area contributed by atoms with Crippen LogP contribution in [0, 0.1) is 5.92 Å². The van der Waals surface area contributed by atoms with Gasteiger partial charge in [0.15, 0.2) is 6.23 Å². The summed E-state index contributed by atoms with van der Waals surface area (Å²) in [6, 6.07) is 19.0. The molecule has 144 valence electrons. The minimum absolute atomic E-state index is 0.232. The van der Waals surface area contributed by atoms with E-state index in [0.717, 1.165) is 22.7 Å². The third-order valence-corrected chi connectivity index (χ3v) is 4.87. The number of aromatic nitrogens is 1. The summed E-state index contributed by atoms with van der Waals surface area (Å²) in [5.74, 6) is 1.66. The first-order valence-corrected chi connectivity index (χ1v) is 9.48. The molecule has 0 saturated heterocycles. The van der Waals surface area contributed by atoms with E-state index in [1.165, 1.54) is 12.8 Å². The molecule has 0 spiro atoms. The van der Waals surface area contributed by atoms with Gasteiger partial charge in [0.2, 0.25) is 0 Å². The second kappa shape index (κ2) is 8.31. The van der Waals surface area contributed by atoms with E-state index in [4.69, 9.17) is 9.47 Å². The van der Waals surface area contributed by atoms with Gasteiger partial charge in [-0.05, 0) is 73.4 Å². The largest absolute Gasteiger partial charge is 0.508 e. The van der Waals surface area contributed by atoms with Gasteiger partial charge in [0.05, 0.1) is 13.7 Å². The van der Waals surface area contributed by atoms with Gasteiger partial charge in [0.1, 0.15) is 11.5 Å². The zero-order chi connectivity index (χ0) is 19.3. The number of methoxy groups -OCH3 is 1. The Kier molecular flexibility index (Phi) is 5.44. The standard InChI is InChI=1S/C23H24N2O3/c1-27-22-12-8-20(9-13-22)25(19-6-10-21(26)11-7-19)23(28-16-17-4-5-17)18-3-2-14-24-15-18/h2-3,6-15,17,23,26H,4-5,16H2,1H3. The van der Waals surface area contributed by atoms with Crippen molar-refractivity contribution in [2.45, 2.75) is 19.1 Å². The Labute approximate surface area is 165 Å². The van der Waals surface area contributed by atoms with E-state index in [0.29, 0.717) is 12.5 Å². The quantitative estimate of drug-likeness (QED) is 0.557. The molecule has 1 saturated carbocycles. The predicted molar refractivity (Wildman–Crippen MR) is 109 cm³/mol. The first-order valence-electron chi connectivity index (χ1n) is 9.48. The van der Waals surface area contributed by atoms with Crippen LogP contribution in [0.4, 0.5) is 11.4 Å². The number of hydrogen-bond acceptors (Lipinski definition) is 5. The van der Waals surface area contributed by atoms with E-state index in [2.05, 4.69) is 9.88 Å². The summed E-state index contributed by atoms with van der Waals surface area (Å²) in [5, 5.41) is 9.74. The first kappa shape index (κ1) is 18.3. The summed E-state index contributed by atoms with van der Waals surface area (Å²) in [6.07, 6.45) is 5.73. The Morgan fingerprint density at radius 3 is 2.29 bits per heavy atom. The van der Waals surface area contributed by atoms with Crippen molar-refractivity contribution >= 4 is 11.4 Å². The van der Waals surface area contributed by atoms with Crippen molar-refractivity contribution in [3.63, 3.8) is 0 Å². The molecule has 28 heavy (non-hydrogen) atoms. The highest BCUT2D eigenvalue weighted by molar-refractivity contribution is 5.65. The molecule has 3 aromatic rings. The highest BCUT2D eigenvalue weighted by Gasteiger charge is 2.28. The summed E-state index contributed by atoms with van der Waals surface area (Å²) in [6.45, 7) is 0.713. The summed E-state index contributed by atoms with van der Waals surface area (Å²) < 4.78 is 11.7. The van der Waals surface area contributed by atoms with Gasteiger partial charge in [-0.15, -0.1) is 0 Å². The third kappa shape index (κ3) is 4.26. The highest BCUT2D eigenvalue weighted by atomic mass is 16.5. The molecular formula is C23H24N2O3. The number of ether oxygens (including phenoxy) is 2. The van der Waals surface area contributed by atoms with E-state index < -0.39 is 0 Å². The minimum atomic E-state index is -0.327. The second-order valence-corrected chi connectivity index (χ2v) is 7.00. The molecule has 0 bridgehead atoms. The van der Waals surface area contributed by atoms with E-state index in [1.54, 1.807) is 25.4 Å². The topological polar surface area (TPSA) is 54.8 Å². The van der Waals surface area contributed by atoms with Crippen molar-refractivity contribution in [1.82, 2.24) is 4.98 Å². The van der Waals surface area contributed by atoms with Crippen molar-refractivity contribution < 1.29 is 14.6 Å². The molecule has 5 heteroatoms. The van der Waals surface area contributed by atoms with Crippen molar-refractivity contribution in [2.75, 3.05) is 18.6 Å². The summed E-state index contributed by atoms with van der Waals surface area (Å²) >= 11 is 0. The van der Waals surface area contributed by atoms with Crippen LogP contribution in [0.15, 0.2) is 73.1 Å². The van der Waals surface area contributed by atoms with Crippen LogP contribution >= 0.6 is 0 Å². The van der Waals surface area contributed by atoms with Gasteiger partial charge in [-0.2, -0.15) is 0 Å². The fourth-order valence-corrected chi connectivity index (χ4v) is 3.13. The maximum Gasteiger partial charge on any atom is 0.162 e. The average molecular weight is 376 g/mol. The Morgan fingerprint density at radius 1 is 1.04 bits per heavy atom. The molecule has 1 unspecified atom stereocenters. The van der Waals surface area contributed by atoms with E-state index in [1.807, 2.05) is 54.7 Å². The van der Waals surface area contributed by atoms with Crippen LogP contribution in [-0.4, -0.2) is 23.8 Å². The van der Waals surface area contributed by atoms with Gasteiger partial charge in [0.25, 0.3) is 0 Å². The lowest BCUT2D eigenvalue weighted by Crippen LogP contribution is -2.27. The van der Waals surface area contributed by atoms with Crippen LogP contribution < -0.4 is 9.64 Å². The van der Waals surface area contributed by atoms with Crippen molar-refractivity contribution in [3.05, 3.63) is 78.6 Å². The van der Waals surface area contributed by atoms with Crippen molar-refractivity contribution in [2.24, 2.45) is 5.92 Å². The average Bonchev–Trinajstić information content (AvgIpc) is 3.57. The lowest BCUT2D eigenvalue weighted by molar-refractivity contribution is 0.0493. The minimum Gasteiger partial charge on any atom is -0.508 e. The molecule has 0 amide bonds. The molecule has 0 aliphatic heterocycles. The summed E-state index contributed by atoms with van der Waals surface area (Å²) in [4.78, 5) is 6.42. The number of hydrogen-bond donors (Lipinski definition) is 1. The third-order valence-electron chi connectivity index (χ3n) is 4.87. The molecule has 0 radical (unpaired) electrons. The highest BCUT2D eigenvalue weighted by Crippen LogP contribution is 2.39. The second-order valence-electron chi connectivity index (χ2n) is 7.00. The number of nitrogens with zero attached hydrogens (tertiary/aromatic N) is 2. The predicted octanol–water partition coefficient (Wildman–Crippen LogP) is 5.06. The first-order chi connectivity index (χ1) is 13.7. The molecule has 1 N–H and O–H groups in total. The Balaban J connectivity index is 1.76. The van der Waals surface area contributed by atoms with Crippen LogP contribution in [-0.2, 0) is 4.74 Å². The number of anilines is 2. The van der Waals surface area contributed by atoms with Crippen LogP contribution in [0.5, 0.6) is 11.5 Å². The fraction of sp³-hybridized carbons (Fsp3) is 0.261. The Morgan fingerprint density at radius 2 is 1.71 bits per heavy atom.